The van der Waals surface area contributed by atoms with Crippen LogP contribution in [0, 0.1) is 5.82 Å². The average molecular weight is 349 g/mol. The first kappa shape index (κ1) is 17.7. The number of fused-ring (bicyclic) bond motifs is 2. The van der Waals surface area contributed by atoms with E-state index in [1.54, 1.807) is 7.05 Å². The van der Waals surface area contributed by atoms with E-state index in [2.05, 4.69) is 5.32 Å². The fourth-order valence-corrected chi connectivity index (χ4v) is 4.89. The van der Waals surface area contributed by atoms with Gasteiger partial charge >= 0.3 is 0 Å². The lowest BCUT2D eigenvalue weighted by atomic mass is 10.0. The second kappa shape index (κ2) is 6.83. The Morgan fingerprint density at radius 2 is 1.73 bits per heavy atom. The summed E-state index contributed by atoms with van der Waals surface area (Å²) in [6.45, 7) is 0. The Kier molecular flexibility index (Phi) is 5.48. The number of nitrogens with zero attached hydrogens (tertiary/aromatic N) is 1. The summed E-state index contributed by atoms with van der Waals surface area (Å²) in [6, 6.07) is 6.66. The van der Waals surface area contributed by atoms with E-state index in [0.717, 1.165) is 25.7 Å². The molecule has 2 atom stereocenters. The van der Waals surface area contributed by atoms with E-state index in [1.807, 2.05) is 0 Å². The first-order valence-corrected chi connectivity index (χ1v) is 9.01. The van der Waals surface area contributed by atoms with Gasteiger partial charge in [-0.25, -0.2) is 17.1 Å². The van der Waals surface area contributed by atoms with Crippen molar-refractivity contribution in [2.24, 2.45) is 0 Å². The minimum Gasteiger partial charge on any atom is -0.311 e. The molecule has 2 fully saturated rings. The molecule has 2 bridgehead atoms. The molecule has 1 N–H and O–H groups in total. The molecule has 2 aliphatic rings. The molecule has 1 aromatic carbocycles. The van der Waals surface area contributed by atoms with Gasteiger partial charge in [-0.3, -0.25) is 0 Å². The first-order chi connectivity index (χ1) is 9.94. The lowest BCUT2D eigenvalue weighted by Crippen LogP contribution is -2.48. The second-order valence-corrected chi connectivity index (χ2v) is 8.19. The molecule has 4 nitrogen and oxygen atoms in total. The van der Waals surface area contributed by atoms with Crippen molar-refractivity contribution in [2.45, 2.75) is 49.6 Å². The second-order valence-electron chi connectivity index (χ2n) is 6.16. The summed E-state index contributed by atoms with van der Waals surface area (Å²) in [6.07, 6.45) is 4.06. The lowest BCUT2D eigenvalue weighted by molar-refractivity contribution is 0.251. The van der Waals surface area contributed by atoms with Crippen LogP contribution in [0.3, 0.4) is 0 Å². The molecule has 7 heteroatoms. The number of rotatable bonds is 4. The van der Waals surface area contributed by atoms with Gasteiger partial charge in [0.2, 0.25) is 10.0 Å². The topological polar surface area (TPSA) is 49.4 Å². The quantitative estimate of drug-likeness (QED) is 0.908. The SMILES string of the molecule is CN(C1CC2CCC(C1)N2)S(=O)(=O)Cc1ccc(F)cc1.Cl. The summed E-state index contributed by atoms with van der Waals surface area (Å²) < 4.78 is 39.5. The molecule has 1 aromatic rings. The normalized spacial score (nSPS) is 27.7. The predicted molar refractivity (Wildman–Crippen MR) is 87.0 cm³/mol. The van der Waals surface area contributed by atoms with Crippen molar-refractivity contribution in [1.82, 2.24) is 9.62 Å². The van der Waals surface area contributed by atoms with Gasteiger partial charge < -0.3 is 5.32 Å². The highest BCUT2D eigenvalue weighted by atomic mass is 35.5. The molecule has 0 saturated carbocycles. The molecule has 22 heavy (non-hydrogen) atoms. The van der Waals surface area contributed by atoms with Crippen molar-refractivity contribution in [3.05, 3.63) is 35.6 Å². The minimum atomic E-state index is -3.36. The molecular formula is C15H22ClFN2O2S. The van der Waals surface area contributed by atoms with Crippen molar-refractivity contribution >= 4 is 22.4 Å². The lowest BCUT2D eigenvalue weighted by Gasteiger charge is -2.34. The van der Waals surface area contributed by atoms with Crippen molar-refractivity contribution in [2.75, 3.05) is 7.05 Å². The molecule has 0 amide bonds. The Morgan fingerprint density at radius 1 is 1.18 bits per heavy atom. The Balaban J connectivity index is 0.00000176. The summed E-state index contributed by atoms with van der Waals surface area (Å²) in [5, 5.41) is 3.52. The summed E-state index contributed by atoms with van der Waals surface area (Å²) in [5.74, 6) is -0.414. The third-order valence-corrected chi connectivity index (χ3v) is 6.54. The van der Waals surface area contributed by atoms with Gasteiger partial charge in [0.1, 0.15) is 5.82 Å². The standard InChI is InChI=1S/C15H21FN2O2S.ClH/c1-18(15-8-13-6-7-14(9-15)17-13)21(19,20)10-11-2-4-12(16)5-3-11;/h2-5,13-15,17H,6-10H2,1H3;1H. The summed E-state index contributed by atoms with van der Waals surface area (Å²) >= 11 is 0. The van der Waals surface area contributed by atoms with Gasteiger partial charge in [-0.05, 0) is 43.4 Å². The number of piperidine rings is 1. The third kappa shape index (κ3) is 3.79. The van der Waals surface area contributed by atoms with E-state index >= 15 is 0 Å². The minimum absolute atomic E-state index is 0. The van der Waals surface area contributed by atoms with E-state index in [4.69, 9.17) is 0 Å². The van der Waals surface area contributed by atoms with Crippen LogP contribution in [0.1, 0.15) is 31.2 Å². The van der Waals surface area contributed by atoms with Gasteiger partial charge in [0.25, 0.3) is 0 Å². The molecule has 3 rings (SSSR count). The summed E-state index contributed by atoms with van der Waals surface area (Å²) in [5.41, 5.74) is 0.625. The van der Waals surface area contributed by atoms with E-state index in [0.29, 0.717) is 17.6 Å². The molecule has 0 spiro atoms. The molecule has 2 saturated heterocycles. The van der Waals surface area contributed by atoms with E-state index in [9.17, 15) is 12.8 Å². The molecule has 0 radical (unpaired) electrons. The Bertz CT molecular complexity index is 596. The summed E-state index contributed by atoms with van der Waals surface area (Å²) in [7, 11) is -1.69. The van der Waals surface area contributed by atoms with Crippen LogP contribution in [0.25, 0.3) is 0 Å². The number of nitrogens with one attached hydrogen (secondary N) is 1. The Morgan fingerprint density at radius 3 is 2.27 bits per heavy atom. The highest BCUT2D eigenvalue weighted by molar-refractivity contribution is 7.88. The van der Waals surface area contributed by atoms with Crippen LogP contribution in [0.2, 0.25) is 0 Å². The van der Waals surface area contributed by atoms with E-state index in [-0.39, 0.29) is 30.0 Å². The Labute approximate surface area is 137 Å². The van der Waals surface area contributed by atoms with Crippen LogP contribution in [0.4, 0.5) is 4.39 Å². The molecular weight excluding hydrogens is 327 g/mol. The molecule has 0 aliphatic carbocycles. The van der Waals surface area contributed by atoms with Crippen LogP contribution in [-0.2, 0) is 15.8 Å². The van der Waals surface area contributed by atoms with Crippen molar-refractivity contribution in [3.8, 4) is 0 Å². The number of sulfonamides is 1. The van der Waals surface area contributed by atoms with Gasteiger partial charge in [0.15, 0.2) is 0 Å². The average Bonchev–Trinajstić information content (AvgIpc) is 2.79. The number of benzene rings is 1. The van der Waals surface area contributed by atoms with Gasteiger partial charge in [-0.1, -0.05) is 12.1 Å². The van der Waals surface area contributed by atoms with Gasteiger partial charge in [0.05, 0.1) is 5.75 Å². The van der Waals surface area contributed by atoms with E-state index < -0.39 is 10.0 Å². The fraction of sp³-hybridized carbons (Fsp3) is 0.600. The van der Waals surface area contributed by atoms with Crippen LogP contribution in [0.15, 0.2) is 24.3 Å². The van der Waals surface area contributed by atoms with Crippen LogP contribution >= 0.6 is 12.4 Å². The van der Waals surface area contributed by atoms with Gasteiger partial charge in [-0.15, -0.1) is 12.4 Å². The zero-order chi connectivity index (χ0) is 15.0. The number of hydrogen-bond acceptors (Lipinski definition) is 3. The highest BCUT2D eigenvalue weighted by Gasteiger charge is 2.38. The predicted octanol–water partition coefficient (Wildman–Crippen LogP) is 2.29. The monoisotopic (exact) mass is 348 g/mol. The Hall–Kier alpha value is -0.690. The number of hydrogen-bond donors (Lipinski definition) is 1. The van der Waals surface area contributed by atoms with Crippen molar-refractivity contribution < 1.29 is 12.8 Å². The highest BCUT2D eigenvalue weighted by Crippen LogP contribution is 2.30. The molecule has 2 aliphatic heterocycles. The summed E-state index contributed by atoms with van der Waals surface area (Å²) in [4.78, 5) is 0. The number of halogens is 2. The van der Waals surface area contributed by atoms with Gasteiger partial charge in [-0.2, -0.15) is 0 Å². The van der Waals surface area contributed by atoms with E-state index in [1.165, 1.54) is 28.6 Å². The first-order valence-electron chi connectivity index (χ1n) is 7.40. The fourth-order valence-electron chi connectivity index (χ4n) is 3.44. The zero-order valence-electron chi connectivity index (χ0n) is 12.5. The molecule has 2 heterocycles. The van der Waals surface area contributed by atoms with Crippen molar-refractivity contribution in [3.63, 3.8) is 0 Å². The van der Waals surface area contributed by atoms with Crippen LogP contribution in [0.5, 0.6) is 0 Å². The molecule has 0 aromatic heterocycles. The smallest absolute Gasteiger partial charge is 0.218 e. The molecule has 2 unspecified atom stereocenters. The maximum Gasteiger partial charge on any atom is 0.218 e. The van der Waals surface area contributed by atoms with Crippen LogP contribution < -0.4 is 5.32 Å². The third-order valence-electron chi connectivity index (χ3n) is 4.66. The van der Waals surface area contributed by atoms with Crippen molar-refractivity contribution in [1.29, 1.82) is 0 Å². The molecule has 124 valence electrons. The largest absolute Gasteiger partial charge is 0.311 e. The zero-order valence-corrected chi connectivity index (χ0v) is 14.2. The van der Waals surface area contributed by atoms with Crippen LogP contribution in [-0.4, -0.2) is 37.9 Å². The maximum absolute atomic E-state index is 12.9. The maximum atomic E-state index is 12.9. The van der Waals surface area contributed by atoms with Gasteiger partial charge in [0, 0.05) is 25.2 Å².